The first-order chi connectivity index (χ1) is 12.0. The van der Waals surface area contributed by atoms with Crippen LogP contribution in [0.5, 0.6) is 5.75 Å². The van der Waals surface area contributed by atoms with Crippen molar-refractivity contribution in [3.8, 4) is 5.75 Å². The van der Waals surface area contributed by atoms with E-state index in [4.69, 9.17) is 9.47 Å². The summed E-state index contributed by atoms with van der Waals surface area (Å²) in [6, 6.07) is 7.47. The molecule has 0 saturated carbocycles. The van der Waals surface area contributed by atoms with Gasteiger partial charge in [0.1, 0.15) is 12.4 Å². The predicted molar refractivity (Wildman–Crippen MR) is 95.3 cm³/mol. The highest BCUT2D eigenvalue weighted by Crippen LogP contribution is 2.22. The van der Waals surface area contributed by atoms with Crippen LogP contribution < -0.4 is 4.74 Å². The molecule has 1 aromatic carbocycles. The van der Waals surface area contributed by atoms with Crippen LogP contribution in [0.15, 0.2) is 52.8 Å². The van der Waals surface area contributed by atoms with Crippen molar-refractivity contribution in [2.75, 3.05) is 20.8 Å². The molecule has 0 amide bonds. The fraction of sp³-hybridized carbons (Fsp3) is 0.333. The van der Waals surface area contributed by atoms with E-state index in [0.717, 1.165) is 10.6 Å². The molecule has 0 aliphatic carbocycles. The summed E-state index contributed by atoms with van der Waals surface area (Å²) >= 11 is 1.41. The number of methoxy groups -OCH3 is 2. The summed E-state index contributed by atoms with van der Waals surface area (Å²) in [5.41, 5.74) is 0. The molecule has 0 aromatic heterocycles. The molecular weight excluding hydrogens is 344 g/mol. The molecule has 0 aliphatic rings. The van der Waals surface area contributed by atoms with E-state index in [1.54, 1.807) is 19.4 Å². The molecule has 0 heterocycles. The summed E-state index contributed by atoms with van der Waals surface area (Å²) in [5, 5.41) is 11.7. The number of benzene rings is 1. The molecule has 6 nitrogen and oxygen atoms in total. The number of aliphatic hydroxyl groups is 1. The number of thioether (sulfide) groups is 1. The van der Waals surface area contributed by atoms with Crippen LogP contribution in [0, 0.1) is 5.92 Å². The number of ether oxygens (including phenoxy) is 3. The molecule has 2 unspecified atom stereocenters. The van der Waals surface area contributed by atoms with Gasteiger partial charge in [-0.25, -0.2) is 4.79 Å². The average Bonchev–Trinajstić information content (AvgIpc) is 2.64. The molecule has 7 heteroatoms. The molecule has 1 aromatic rings. The summed E-state index contributed by atoms with van der Waals surface area (Å²) in [5.74, 6) is -1.03. The van der Waals surface area contributed by atoms with E-state index in [2.05, 4.69) is 4.74 Å². The topological polar surface area (TPSA) is 82.1 Å². The number of hydrogen-bond acceptors (Lipinski definition) is 7. The van der Waals surface area contributed by atoms with E-state index >= 15 is 0 Å². The highest BCUT2D eigenvalue weighted by Gasteiger charge is 2.21. The monoisotopic (exact) mass is 366 g/mol. The molecule has 0 spiro atoms. The third-order valence-corrected chi connectivity index (χ3v) is 4.04. The van der Waals surface area contributed by atoms with Crippen LogP contribution in [-0.4, -0.2) is 44.0 Å². The van der Waals surface area contributed by atoms with Gasteiger partial charge < -0.3 is 19.3 Å². The second-order valence-electron chi connectivity index (χ2n) is 4.96. The zero-order valence-corrected chi connectivity index (χ0v) is 15.2. The minimum absolute atomic E-state index is 0.0602. The first-order valence-electron chi connectivity index (χ1n) is 7.54. The Balaban J connectivity index is 2.40. The Morgan fingerprint density at radius 2 is 1.92 bits per heavy atom. The molecule has 2 atom stereocenters. The summed E-state index contributed by atoms with van der Waals surface area (Å²) in [7, 11) is 2.86. The van der Waals surface area contributed by atoms with E-state index in [1.807, 2.05) is 24.3 Å². The van der Waals surface area contributed by atoms with Crippen LogP contribution >= 0.6 is 11.8 Å². The minimum atomic E-state index is -0.970. The van der Waals surface area contributed by atoms with Crippen LogP contribution in [0.3, 0.4) is 0 Å². The standard InChI is InChI=1S/C18H22O6S/c1-13(18(21)24-11-4-5-17(20)23-3)16(19)10-12-25-15-8-6-14(22-2)7-9-15/h4-10,12-13,16,19H,11H2,1-3H3/b5-4+,12-10+. The van der Waals surface area contributed by atoms with Gasteiger partial charge in [-0.05, 0) is 48.7 Å². The highest BCUT2D eigenvalue weighted by molar-refractivity contribution is 8.02. The SMILES string of the molecule is COC(=O)/C=C/COC(=O)C(C)C(O)/C=C/Sc1ccc(OC)cc1. The van der Waals surface area contributed by atoms with Gasteiger partial charge in [0.25, 0.3) is 0 Å². The number of hydrogen-bond donors (Lipinski definition) is 1. The molecule has 0 radical (unpaired) electrons. The summed E-state index contributed by atoms with van der Waals surface area (Å²) in [6.07, 6.45) is 3.10. The molecule has 1 rings (SSSR count). The highest BCUT2D eigenvalue weighted by atomic mass is 32.2. The second kappa shape index (κ2) is 11.3. The molecule has 136 valence electrons. The Bertz CT molecular complexity index is 608. The molecule has 0 fully saturated rings. The third kappa shape index (κ3) is 7.91. The maximum atomic E-state index is 11.8. The van der Waals surface area contributed by atoms with Gasteiger partial charge in [0.15, 0.2) is 0 Å². The van der Waals surface area contributed by atoms with Crippen molar-refractivity contribution in [1.82, 2.24) is 0 Å². The van der Waals surface area contributed by atoms with Crippen molar-refractivity contribution in [2.24, 2.45) is 5.92 Å². The fourth-order valence-corrected chi connectivity index (χ4v) is 2.32. The van der Waals surface area contributed by atoms with Crippen molar-refractivity contribution in [3.05, 3.63) is 47.9 Å². The van der Waals surface area contributed by atoms with Crippen molar-refractivity contribution in [1.29, 1.82) is 0 Å². The normalized spacial score (nSPS) is 13.6. The van der Waals surface area contributed by atoms with Crippen LogP contribution in [0.4, 0.5) is 0 Å². The lowest BCUT2D eigenvalue weighted by atomic mass is 10.1. The van der Waals surface area contributed by atoms with Crippen molar-refractivity contribution in [2.45, 2.75) is 17.9 Å². The van der Waals surface area contributed by atoms with Gasteiger partial charge in [0.05, 0.1) is 26.2 Å². The Morgan fingerprint density at radius 3 is 2.52 bits per heavy atom. The first-order valence-corrected chi connectivity index (χ1v) is 8.42. The van der Waals surface area contributed by atoms with Gasteiger partial charge in [-0.15, -0.1) is 0 Å². The zero-order valence-electron chi connectivity index (χ0n) is 14.4. The minimum Gasteiger partial charge on any atom is -0.497 e. The Hall–Kier alpha value is -2.25. The van der Waals surface area contributed by atoms with Gasteiger partial charge in [-0.2, -0.15) is 0 Å². The van der Waals surface area contributed by atoms with Crippen LogP contribution in [-0.2, 0) is 19.1 Å². The smallest absolute Gasteiger partial charge is 0.330 e. The van der Waals surface area contributed by atoms with Crippen molar-refractivity contribution in [3.63, 3.8) is 0 Å². The Morgan fingerprint density at radius 1 is 1.24 bits per heavy atom. The third-order valence-electron chi connectivity index (χ3n) is 3.20. The fourth-order valence-electron chi connectivity index (χ4n) is 1.63. The van der Waals surface area contributed by atoms with Gasteiger partial charge >= 0.3 is 11.9 Å². The maximum Gasteiger partial charge on any atom is 0.330 e. The number of rotatable bonds is 9. The summed E-state index contributed by atoms with van der Waals surface area (Å²) in [4.78, 5) is 23.7. The zero-order chi connectivity index (χ0) is 18.7. The van der Waals surface area contributed by atoms with Gasteiger partial charge in [-0.3, -0.25) is 4.79 Å². The van der Waals surface area contributed by atoms with E-state index in [-0.39, 0.29) is 6.61 Å². The van der Waals surface area contributed by atoms with E-state index < -0.39 is 24.0 Å². The predicted octanol–water partition coefficient (Wildman–Crippen LogP) is 2.57. The maximum absolute atomic E-state index is 11.8. The lowest BCUT2D eigenvalue weighted by molar-refractivity contribution is -0.149. The average molecular weight is 366 g/mol. The molecule has 25 heavy (non-hydrogen) atoms. The lowest BCUT2D eigenvalue weighted by Crippen LogP contribution is -2.25. The molecule has 0 bridgehead atoms. The second-order valence-corrected chi connectivity index (χ2v) is 5.94. The molecule has 1 N–H and O–H groups in total. The van der Waals surface area contributed by atoms with E-state index in [1.165, 1.54) is 37.1 Å². The number of carbonyl (C=O) groups excluding carboxylic acids is 2. The largest absolute Gasteiger partial charge is 0.497 e. The van der Waals surface area contributed by atoms with Crippen molar-refractivity contribution >= 4 is 23.7 Å². The van der Waals surface area contributed by atoms with E-state index in [0.29, 0.717) is 0 Å². The lowest BCUT2D eigenvalue weighted by Gasteiger charge is -2.13. The van der Waals surface area contributed by atoms with Gasteiger partial charge in [0.2, 0.25) is 0 Å². The summed E-state index contributed by atoms with van der Waals surface area (Å²) < 4.78 is 14.5. The Kier molecular flexibility index (Phi) is 9.42. The Labute approximate surface area is 151 Å². The van der Waals surface area contributed by atoms with Gasteiger partial charge in [-0.1, -0.05) is 11.8 Å². The summed E-state index contributed by atoms with van der Waals surface area (Å²) in [6.45, 7) is 1.51. The molecular formula is C18H22O6S. The number of esters is 2. The van der Waals surface area contributed by atoms with E-state index in [9.17, 15) is 14.7 Å². The first kappa shape index (κ1) is 20.8. The molecule has 0 aliphatic heterocycles. The number of carbonyl (C=O) groups is 2. The van der Waals surface area contributed by atoms with Crippen LogP contribution in [0.25, 0.3) is 0 Å². The number of aliphatic hydroxyl groups excluding tert-OH is 1. The molecule has 0 saturated heterocycles. The van der Waals surface area contributed by atoms with Crippen LogP contribution in [0.1, 0.15) is 6.92 Å². The quantitative estimate of drug-likeness (QED) is 0.409. The van der Waals surface area contributed by atoms with Gasteiger partial charge in [0, 0.05) is 11.0 Å². The van der Waals surface area contributed by atoms with Crippen LogP contribution in [0.2, 0.25) is 0 Å². The van der Waals surface area contributed by atoms with Crippen molar-refractivity contribution < 1.29 is 28.9 Å².